The second-order valence-electron chi connectivity index (χ2n) is 9.38. The molecule has 35 heavy (non-hydrogen) atoms. The largest absolute Gasteiger partial charge is 0.352 e. The van der Waals surface area contributed by atoms with Gasteiger partial charge in [-0.15, -0.1) is 0 Å². The van der Waals surface area contributed by atoms with Crippen LogP contribution in [0, 0.1) is 13.8 Å². The van der Waals surface area contributed by atoms with Crippen molar-refractivity contribution in [3.63, 3.8) is 0 Å². The minimum atomic E-state index is -3.75. The molecule has 0 spiro atoms. The van der Waals surface area contributed by atoms with Crippen LogP contribution in [0.25, 0.3) is 0 Å². The first kappa shape index (κ1) is 27.2. The molecule has 1 fully saturated rings. The van der Waals surface area contributed by atoms with Crippen LogP contribution >= 0.6 is 15.9 Å². The predicted octanol–water partition coefficient (Wildman–Crippen LogP) is 4.31. The van der Waals surface area contributed by atoms with Gasteiger partial charge in [-0.3, -0.25) is 13.9 Å². The van der Waals surface area contributed by atoms with E-state index in [-0.39, 0.29) is 18.5 Å². The second kappa shape index (κ2) is 11.6. The van der Waals surface area contributed by atoms with Gasteiger partial charge in [0.1, 0.15) is 12.6 Å². The lowest BCUT2D eigenvalue weighted by molar-refractivity contribution is -0.139. The summed E-state index contributed by atoms with van der Waals surface area (Å²) in [7, 11) is -3.75. The zero-order valence-electron chi connectivity index (χ0n) is 20.8. The van der Waals surface area contributed by atoms with Crippen molar-refractivity contribution in [2.75, 3.05) is 17.1 Å². The van der Waals surface area contributed by atoms with Crippen molar-refractivity contribution in [2.24, 2.45) is 0 Å². The average molecular weight is 565 g/mol. The fourth-order valence-electron chi connectivity index (χ4n) is 4.39. The van der Waals surface area contributed by atoms with Gasteiger partial charge in [-0.05, 0) is 68.5 Å². The minimum Gasteiger partial charge on any atom is -0.352 e. The third kappa shape index (κ3) is 7.30. The number of nitrogens with one attached hydrogen (secondary N) is 1. The molecule has 1 aliphatic rings. The summed E-state index contributed by atoms with van der Waals surface area (Å²) in [6.07, 6.45) is 5.13. The molecule has 0 bridgehead atoms. The maximum atomic E-state index is 13.7. The molecular formula is C26H34BrN3O4S. The topological polar surface area (TPSA) is 86.8 Å². The van der Waals surface area contributed by atoms with E-state index in [1.54, 1.807) is 13.0 Å². The van der Waals surface area contributed by atoms with Crippen molar-refractivity contribution in [3.05, 3.63) is 63.6 Å². The van der Waals surface area contributed by atoms with Gasteiger partial charge < -0.3 is 10.2 Å². The maximum absolute atomic E-state index is 13.7. The Balaban J connectivity index is 1.91. The molecule has 2 aromatic carbocycles. The summed E-state index contributed by atoms with van der Waals surface area (Å²) in [5.41, 5.74) is 2.94. The average Bonchev–Trinajstić information content (AvgIpc) is 3.29. The molecule has 1 saturated carbocycles. The standard InChI is InChI=1S/C26H34BrN3O4S/c1-18-12-13-19(2)24(14-18)30(35(4,33)34)17-25(31)29(16-21-8-7-9-22(27)15-21)20(3)26(32)28-23-10-5-6-11-23/h7-9,12-15,20,23H,5-6,10-11,16-17H2,1-4H3,(H,28,32). The summed E-state index contributed by atoms with van der Waals surface area (Å²) in [6.45, 7) is 5.18. The van der Waals surface area contributed by atoms with Gasteiger partial charge in [-0.1, -0.05) is 53.0 Å². The molecule has 0 aromatic heterocycles. The molecule has 1 N–H and O–H groups in total. The van der Waals surface area contributed by atoms with Crippen LogP contribution in [-0.2, 0) is 26.2 Å². The molecule has 0 saturated heterocycles. The molecule has 1 aliphatic carbocycles. The first-order chi connectivity index (χ1) is 16.5. The van der Waals surface area contributed by atoms with E-state index in [9.17, 15) is 18.0 Å². The van der Waals surface area contributed by atoms with Crippen molar-refractivity contribution in [1.29, 1.82) is 0 Å². The van der Waals surface area contributed by atoms with E-state index < -0.39 is 28.5 Å². The molecule has 2 amide bonds. The molecule has 190 valence electrons. The fraction of sp³-hybridized carbons (Fsp3) is 0.462. The van der Waals surface area contributed by atoms with Crippen LogP contribution in [0.2, 0.25) is 0 Å². The summed E-state index contributed by atoms with van der Waals surface area (Å²) in [6, 6.07) is 12.4. The Labute approximate surface area is 217 Å². The second-order valence-corrected chi connectivity index (χ2v) is 12.2. The number of anilines is 1. The highest BCUT2D eigenvalue weighted by Crippen LogP contribution is 2.25. The number of amides is 2. The number of hydrogen-bond acceptors (Lipinski definition) is 4. The fourth-order valence-corrected chi connectivity index (χ4v) is 5.74. The number of hydrogen-bond donors (Lipinski definition) is 1. The van der Waals surface area contributed by atoms with Crippen molar-refractivity contribution < 1.29 is 18.0 Å². The lowest BCUT2D eigenvalue weighted by Gasteiger charge is -2.32. The van der Waals surface area contributed by atoms with Crippen molar-refractivity contribution in [3.8, 4) is 0 Å². The third-order valence-corrected chi connectivity index (χ3v) is 8.04. The maximum Gasteiger partial charge on any atom is 0.244 e. The highest BCUT2D eigenvalue weighted by atomic mass is 79.9. The highest BCUT2D eigenvalue weighted by molar-refractivity contribution is 9.10. The van der Waals surface area contributed by atoms with Gasteiger partial charge in [0.15, 0.2) is 0 Å². The van der Waals surface area contributed by atoms with Gasteiger partial charge in [-0.25, -0.2) is 8.42 Å². The zero-order chi connectivity index (χ0) is 25.8. The quantitative estimate of drug-likeness (QED) is 0.492. The zero-order valence-corrected chi connectivity index (χ0v) is 23.2. The molecule has 0 heterocycles. The number of carbonyl (C=O) groups excluding carboxylic acids is 2. The van der Waals surface area contributed by atoms with Gasteiger partial charge in [0.05, 0.1) is 11.9 Å². The Morgan fingerprint density at radius 2 is 1.80 bits per heavy atom. The van der Waals surface area contributed by atoms with E-state index >= 15 is 0 Å². The van der Waals surface area contributed by atoms with Crippen LogP contribution in [0.5, 0.6) is 0 Å². The van der Waals surface area contributed by atoms with Gasteiger partial charge >= 0.3 is 0 Å². The van der Waals surface area contributed by atoms with Gasteiger partial charge in [0.2, 0.25) is 21.8 Å². The van der Waals surface area contributed by atoms with E-state index in [4.69, 9.17) is 0 Å². The molecular weight excluding hydrogens is 530 g/mol. The minimum absolute atomic E-state index is 0.121. The Morgan fingerprint density at radius 1 is 1.11 bits per heavy atom. The molecule has 9 heteroatoms. The summed E-state index contributed by atoms with van der Waals surface area (Å²) in [5.74, 6) is -0.664. The van der Waals surface area contributed by atoms with Gasteiger partial charge in [0, 0.05) is 17.1 Å². The number of aryl methyl sites for hydroxylation is 2. The molecule has 7 nitrogen and oxygen atoms in total. The lowest BCUT2D eigenvalue weighted by Crippen LogP contribution is -2.52. The van der Waals surface area contributed by atoms with Crippen LogP contribution in [0.1, 0.15) is 49.3 Å². The van der Waals surface area contributed by atoms with Crippen molar-refractivity contribution >= 4 is 43.5 Å². The SMILES string of the molecule is Cc1ccc(C)c(N(CC(=O)N(Cc2cccc(Br)c2)C(C)C(=O)NC2CCCC2)S(C)(=O)=O)c1. The summed E-state index contributed by atoms with van der Waals surface area (Å²) in [4.78, 5) is 28.2. The number of rotatable bonds is 9. The number of nitrogens with zero attached hydrogens (tertiary/aromatic N) is 2. The van der Waals surface area contributed by atoms with E-state index in [0.717, 1.165) is 57.4 Å². The van der Waals surface area contributed by atoms with E-state index in [2.05, 4.69) is 21.2 Å². The number of carbonyl (C=O) groups is 2. The highest BCUT2D eigenvalue weighted by Gasteiger charge is 2.31. The first-order valence-electron chi connectivity index (χ1n) is 11.8. The van der Waals surface area contributed by atoms with E-state index in [0.29, 0.717) is 5.69 Å². The van der Waals surface area contributed by atoms with Crippen LogP contribution in [0.3, 0.4) is 0 Å². The summed E-state index contributed by atoms with van der Waals surface area (Å²) >= 11 is 3.45. The molecule has 3 rings (SSSR count). The van der Waals surface area contributed by atoms with Crippen LogP contribution in [-0.4, -0.2) is 50.0 Å². The molecule has 0 aliphatic heterocycles. The Hall–Kier alpha value is -2.39. The first-order valence-corrected chi connectivity index (χ1v) is 14.5. The molecule has 1 atom stereocenters. The number of sulfonamides is 1. The van der Waals surface area contributed by atoms with E-state index in [1.165, 1.54) is 4.90 Å². The van der Waals surface area contributed by atoms with E-state index in [1.807, 2.05) is 50.2 Å². The van der Waals surface area contributed by atoms with Crippen LogP contribution < -0.4 is 9.62 Å². The monoisotopic (exact) mass is 563 g/mol. The predicted molar refractivity (Wildman–Crippen MR) is 143 cm³/mol. The lowest BCUT2D eigenvalue weighted by atomic mass is 10.1. The smallest absolute Gasteiger partial charge is 0.244 e. The Kier molecular flexibility index (Phi) is 8.99. The third-order valence-electron chi connectivity index (χ3n) is 6.42. The normalized spacial score (nSPS) is 15.0. The molecule has 0 radical (unpaired) electrons. The van der Waals surface area contributed by atoms with Gasteiger partial charge in [-0.2, -0.15) is 0 Å². The summed E-state index contributed by atoms with van der Waals surface area (Å²) in [5, 5.41) is 3.07. The van der Waals surface area contributed by atoms with Crippen LogP contribution in [0.15, 0.2) is 46.9 Å². The van der Waals surface area contributed by atoms with Crippen LogP contribution in [0.4, 0.5) is 5.69 Å². The molecule has 1 unspecified atom stereocenters. The Bertz CT molecular complexity index is 1180. The summed E-state index contributed by atoms with van der Waals surface area (Å²) < 4.78 is 27.5. The Morgan fingerprint density at radius 3 is 2.43 bits per heavy atom. The molecule has 2 aromatic rings. The number of benzene rings is 2. The number of halogens is 1. The van der Waals surface area contributed by atoms with Crippen molar-refractivity contribution in [1.82, 2.24) is 10.2 Å². The van der Waals surface area contributed by atoms with Gasteiger partial charge in [0.25, 0.3) is 0 Å². The van der Waals surface area contributed by atoms with Crippen molar-refractivity contribution in [2.45, 2.75) is 65.1 Å².